The van der Waals surface area contributed by atoms with Crippen LogP contribution in [0.25, 0.3) is 11.1 Å². The van der Waals surface area contributed by atoms with E-state index in [2.05, 4.69) is 18.4 Å². The average Bonchev–Trinajstić information content (AvgIpc) is 3.38. The zero-order valence-electron chi connectivity index (χ0n) is 23.8. The van der Waals surface area contributed by atoms with Crippen LogP contribution in [0.5, 0.6) is 0 Å². The van der Waals surface area contributed by atoms with Crippen molar-refractivity contribution in [2.24, 2.45) is 5.92 Å². The number of nitrogens with zero attached hydrogens (tertiary/aromatic N) is 3. The molecule has 4 rings (SSSR count). The fourth-order valence-corrected chi connectivity index (χ4v) is 4.98. The summed E-state index contributed by atoms with van der Waals surface area (Å²) in [6, 6.07) is 29.4. The maximum absolute atomic E-state index is 13.7. The molecule has 0 saturated heterocycles. The number of carbonyl (C=O) groups is 2. The lowest BCUT2D eigenvalue weighted by molar-refractivity contribution is -0.133. The number of benzene rings is 3. The van der Waals surface area contributed by atoms with Crippen LogP contribution in [0, 0.1) is 5.92 Å². The van der Waals surface area contributed by atoms with E-state index in [1.165, 1.54) is 0 Å². The molecular weight excluding hydrogens is 518 g/mol. The Balaban J connectivity index is 1.49. The Morgan fingerprint density at radius 3 is 2.10 bits per heavy atom. The maximum atomic E-state index is 13.7. The van der Waals surface area contributed by atoms with Gasteiger partial charge in [0.25, 0.3) is 5.91 Å². The third-order valence-corrected chi connectivity index (χ3v) is 7.31. The van der Waals surface area contributed by atoms with Crippen LogP contribution < -0.4 is 0 Å². The van der Waals surface area contributed by atoms with E-state index < -0.39 is 0 Å². The van der Waals surface area contributed by atoms with Crippen molar-refractivity contribution in [3.63, 3.8) is 0 Å². The molecule has 2 amide bonds. The summed E-state index contributed by atoms with van der Waals surface area (Å²) in [7, 11) is 0. The van der Waals surface area contributed by atoms with E-state index in [0.29, 0.717) is 25.2 Å². The molecular formula is C34H38ClN3O2. The molecule has 1 aromatic heterocycles. The van der Waals surface area contributed by atoms with Crippen LogP contribution in [-0.2, 0) is 17.9 Å². The Bertz CT molecular complexity index is 1410. The van der Waals surface area contributed by atoms with Gasteiger partial charge >= 0.3 is 0 Å². The average molecular weight is 556 g/mol. The highest BCUT2D eigenvalue weighted by Gasteiger charge is 2.25. The molecule has 0 unspecified atom stereocenters. The summed E-state index contributed by atoms with van der Waals surface area (Å²) in [6.45, 7) is 9.81. The monoisotopic (exact) mass is 555 g/mol. The van der Waals surface area contributed by atoms with Crippen LogP contribution in [0.2, 0.25) is 5.02 Å². The number of halogens is 1. The van der Waals surface area contributed by atoms with Gasteiger partial charge in [-0.1, -0.05) is 86.1 Å². The summed E-state index contributed by atoms with van der Waals surface area (Å²) in [4.78, 5) is 30.8. The third-order valence-electron chi connectivity index (χ3n) is 6.94. The molecule has 0 fully saturated rings. The maximum Gasteiger partial charge on any atom is 0.254 e. The number of aromatic nitrogens is 1. The van der Waals surface area contributed by atoms with Crippen molar-refractivity contribution in [1.82, 2.24) is 14.4 Å². The van der Waals surface area contributed by atoms with Crippen molar-refractivity contribution in [3.05, 3.63) is 119 Å². The van der Waals surface area contributed by atoms with Crippen molar-refractivity contribution < 1.29 is 9.59 Å². The van der Waals surface area contributed by atoms with Gasteiger partial charge in [0.2, 0.25) is 5.91 Å². The minimum absolute atomic E-state index is 0.0227. The summed E-state index contributed by atoms with van der Waals surface area (Å²) in [6.07, 6.45) is 2.01. The van der Waals surface area contributed by atoms with Gasteiger partial charge in [-0.05, 0) is 66.8 Å². The molecule has 40 heavy (non-hydrogen) atoms. The first-order chi connectivity index (χ1) is 19.2. The van der Waals surface area contributed by atoms with E-state index in [1.807, 2.05) is 116 Å². The van der Waals surface area contributed by atoms with Gasteiger partial charge in [-0.2, -0.15) is 0 Å². The van der Waals surface area contributed by atoms with Crippen LogP contribution in [-0.4, -0.2) is 45.3 Å². The van der Waals surface area contributed by atoms with E-state index in [-0.39, 0.29) is 30.3 Å². The van der Waals surface area contributed by atoms with Crippen molar-refractivity contribution in [2.45, 2.75) is 46.8 Å². The van der Waals surface area contributed by atoms with Crippen molar-refractivity contribution in [1.29, 1.82) is 0 Å². The lowest BCUT2D eigenvalue weighted by atomic mass is 10.0. The lowest BCUT2D eigenvalue weighted by Crippen LogP contribution is -2.46. The fraction of sp³-hybridized carbons (Fsp3) is 0.294. The number of hydrogen-bond acceptors (Lipinski definition) is 2. The van der Waals surface area contributed by atoms with Crippen LogP contribution in [0.3, 0.4) is 0 Å². The SMILES string of the molecule is CC(C)CN(Cc1cccn1Cc1ccccc1Cl)C(=O)CN(C(=O)c1ccc(-c2ccccc2)cc1)C(C)C. The topological polar surface area (TPSA) is 45.6 Å². The molecule has 3 aromatic carbocycles. The number of rotatable bonds is 11. The van der Waals surface area contributed by atoms with Gasteiger partial charge in [0.1, 0.15) is 6.54 Å². The second-order valence-corrected chi connectivity index (χ2v) is 11.3. The third kappa shape index (κ3) is 7.42. The summed E-state index contributed by atoms with van der Waals surface area (Å²) in [5.74, 6) is 0.0707. The first-order valence-electron chi connectivity index (χ1n) is 13.8. The second-order valence-electron chi connectivity index (χ2n) is 10.9. The minimum atomic E-state index is -0.144. The Morgan fingerprint density at radius 1 is 0.800 bits per heavy atom. The molecule has 5 nitrogen and oxygen atoms in total. The van der Waals surface area contributed by atoms with Crippen molar-refractivity contribution >= 4 is 23.4 Å². The van der Waals surface area contributed by atoms with Crippen LogP contribution in [0.1, 0.15) is 49.3 Å². The molecule has 0 saturated carbocycles. The Labute approximate surface area is 243 Å². The van der Waals surface area contributed by atoms with Gasteiger partial charge < -0.3 is 14.4 Å². The smallest absolute Gasteiger partial charge is 0.254 e. The van der Waals surface area contributed by atoms with Gasteiger partial charge in [0, 0.05) is 41.6 Å². The van der Waals surface area contributed by atoms with Gasteiger partial charge in [0.05, 0.1) is 6.54 Å². The molecule has 0 aliphatic heterocycles. The van der Waals surface area contributed by atoms with E-state index in [4.69, 9.17) is 11.6 Å². The fourth-order valence-electron chi connectivity index (χ4n) is 4.78. The van der Waals surface area contributed by atoms with E-state index in [1.54, 1.807) is 4.90 Å². The van der Waals surface area contributed by atoms with E-state index in [9.17, 15) is 9.59 Å². The minimum Gasteiger partial charge on any atom is -0.345 e. The van der Waals surface area contributed by atoms with Gasteiger partial charge in [-0.15, -0.1) is 0 Å². The molecule has 0 atom stereocenters. The summed E-state index contributed by atoms with van der Waals surface area (Å²) >= 11 is 6.41. The highest BCUT2D eigenvalue weighted by atomic mass is 35.5. The van der Waals surface area contributed by atoms with Crippen LogP contribution in [0.4, 0.5) is 0 Å². The highest BCUT2D eigenvalue weighted by Crippen LogP contribution is 2.21. The molecule has 0 radical (unpaired) electrons. The Kier molecular flexibility index (Phi) is 9.84. The number of hydrogen-bond donors (Lipinski definition) is 0. The van der Waals surface area contributed by atoms with Crippen molar-refractivity contribution in [3.8, 4) is 11.1 Å². The first-order valence-corrected chi connectivity index (χ1v) is 14.2. The lowest BCUT2D eigenvalue weighted by Gasteiger charge is -2.31. The Hall–Kier alpha value is -3.83. The number of amides is 2. The Morgan fingerprint density at radius 2 is 1.45 bits per heavy atom. The first kappa shape index (κ1) is 29.2. The number of carbonyl (C=O) groups excluding carboxylic acids is 2. The summed E-state index contributed by atoms with van der Waals surface area (Å²) < 4.78 is 2.13. The molecule has 1 heterocycles. The standard InChI is InChI=1S/C34H38ClN3O2/c1-25(2)21-37(23-31-14-10-20-36(31)22-30-13-8-9-15-32(30)35)33(39)24-38(26(3)4)34(40)29-18-16-28(17-19-29)27-11-6-5-7-12-27/h5-20,25-26H,21-24H2,1-4H3. The van der Waals surface area contributed by atoms with Crippen molar-refractivity contribution in [2.75, 3.05) is 13.1 Å². The highest BCUT2D eigenvalue weighted by molar-refractivity contribution is 6.31. The molecule has 0 aliphatic carbocycles. The molecule has 0 bridgehead atoms. The summed E-state index contributed by atoms with van der Waals surface area (Å²) in [5.41, 5.74) is 4.77. The molecule has 0 N–H and O–H groups in total. The molecule has 208 valence electrons. The predicted molar refractivity (Wildman–Crippen MR) is 163 cm³/mol. The molecule has 0 spiro atoms. The normalized spacial score (nSPS) is 11.2. The molecule has 6 heteroatoms. The van der Waals surface area contributed by atoms with Gasteiger partial charge in [-0.3, -0.25) is 9.59 Å². The van der Waals surface area contributed by atoms with Crippen LogP contribution in [0.15, 0.2) is 97.2 Å². The zero-order chi connectivity index (χ0) is 28.6. The van der Waals surface area contributed by atoms with E-state index >= 15 is 0 Å². The summed E-state index contributed by atoms with van der Waals surface area (Å²) in [5, 5.41) is 0.722. The largest absolute Gasteiger partial charge is 0.345 e. The molecule has 4 aromatic rings. The van der Waals surface area contributed by atoms with E-state index in [0.717, 1.165) is 27.4 Å². The quantitative estimate of drug-likeness (QED) is 0.194. The predicted octanol–water partition coefficient (Wildman–Crippen LogP) is 7.39. The van der Waals surface area contributed by atoms with Gasteiger partial charge in [0.15, 0.2) is 0 Å². The zero-order valence-corrected chi connectivity index (χ0v) is 24.5. The van der Waals surface area contributed by atoms with Crippen LogP contribution >= 0.6 is 11.6 Å². The molecule has 0 aliphatic rings. The second kappa shape index (κ2) is 13.5. The van der Waals surface area contributed by atoms with Gasteiger partial charge in [-0.25, -0.2) is 0 Å².